The molecule has 0 aromatic carbocycles. The van der Waals surface area contributed by atoms with Crippen molar-refractivity contribution in [1.82, 2.24) is 15.1 Å². The Bertz CT molecular complexity index is 568. The van der Waals surface area contributed by atoms with Gasteiger partial charge in [0.05, 0.1) is 0 Å². The van der Waals surface area contributed by atoms with Crippen molar-refractivity contribution in [2.75, 3.05) is 6.61 Å². The van der Waals surface area contributed by atoms with Crippen LogP contribution in [0.15, 0.2) is 16.9 Å². The number of nitrogens with one attached hydrogen (secondary N) is 1. The molecule has 1 N–H and O–H groups in total. The molecule has 0 saturated heterocycles. The lowest BCUT2D eigenvalue weighted by atomic mass is 10.2. The standard InChI is InChI=1S/C15H23N3O4/c1-4-6-9-18-14(20)8-7-12(17-18)15(21)22-10-13(19)16-11(3)5-2/h7-8,11H,4-6,9-10H2,1-3H3,(H,16,19)/t11-/m1/s1. The fraction of sp³-hybridized carbons (Fsp3) is 0.600. The molecular formula is C15H23N3O4. The second-order valence-electron chi connectivity index (χ2n) is 5.09. The van der Waals surface area contributed by atoms with Crippen molar-refractivity contribution in [3.05, 3.63) is 28.2 Å². The molecule has 1 heterocycles. The van der Waals surface area contributed by atoms with E-state index in [2.05, 4.69) is 10.4 Å². The molecule has 0 aliphatic carbocycles. The molecule has 7 heteroatoms. The van der Waals surface area contributed by atoms with Gasteiger partial charge in [0, 0.05) is 18.7 Å². The van der Waals surface area contributed by atoms with E-state index in [1.807, 2.05) is 20.8 Å². The summed E-state index contributed by atoms with van der Waals surface area (Å²) < 4.78 is 6.14. The third-order valence-corrected chi connectivity index (χ3v) is 3.15. The number of unbranched alkanes of at least 4 members (excludes halogenated alkanes) is 1. The summed E-state index contributed by atoms with van der Waals surface area (Å²) in [6.45, 7) is 5.90. The van der Waals surface area contributed by atoms with Crippen molar-refractivity contribution in [3.63, 3.8) is 0 Å². The van der Waals surface area contributed by atoms with E-state index in [0.29, 0.717) is 6.54 Å². The molecule has 0 aliphatic heterocycles. The summed E-state index contributed by atoms with van der Waals surface area (Å²) in [6.07, 6.45) is 2.50. The zero-order valence-electron chi connectivity index (χ0n) is 13.3. The number of hydrogen-bond acceptors (Lipinski definition) is 5. The number of ether oxygens (including phenoxy) is 1. The smallest absolute Gasteiger partial charge is 0.359 e. The highest BCUT2D eigenvalue weighted by molar-refractivity contribution is 5.89. The van der Waals surface area contributed by atoms with Gasteiger partial charge in [-0.2, -0.15) is 5.10 Å². The highest BCUT2D eigenvalue weighted by Gasteiger charge is 2.14. The summed E-state index contributed by atoms with van der Waals surface area (Å²) >= 11 is 0. The summed E-state index contributed by atoms with van der Waals surface area (Å²) in [6, 6.07) is 2.61. The average Bonchev–Trinajstić information content (AvgIpc) is 2.51. The number of esters is 1. The van der Waals surface area contributed by atoms with Crippen LogP contribution in [0.3, 0.4) is 0 Å². The summed E-state index contributed by atoms with van der Waals surface area (Å²) in [7, 11) is 0. The van der Waals surface area contributed by atoms with Gasteiger partial charge in [-0.25, -0.2) is 9.48 Å². The second-order valence-corrected chi connectivity index (χ2v) is 5.09. The van der Waals surface area contributed by atoms with Crippen molar-refractivity contribution in [3.8, 4) is 0 Å². The highest BCUT2D eigenvalue weighted by Crippen LogP contribution is 1.97. The van der Waals surface area contributed by atoms with E-state index in [9.17, 15) is 14.4 Å². The van der Waals surface area contributed by atoms with Crippen molar-refractivity contribution >= 4 is 11.9 Å². The lowest BCUT2D eigenvalue weighted by Gasteiger charge is -2.11. The van der Waals surface area contributed by atoms with Gasteiger partial charge in [0.1, 0.15) is 0 Å². The molecule has 1 aromatic heterocycles. The molecule has 1 atom stereocenters. The van der Waals surface area contributed by atoms with E-state index in [4.69, 9.17) is 4.74 Å². The van der Waals surface area contributed by atoms with Gasteiger partial charge in [0.25, 0.3) is 11.5 Å². The lowest BCUT2D eigenvalue weighted by molar-refractivity contribution is -0.124. The summed E-state index contributed by atoms with van der Waals surface area (Å²) in [5, 5.41) is 6.66. The summed E-state index contributed by atoms with van der Waals surface area (Å²) in [4.78, 5) is 35.0. The normalized spacial score (nSPS) is 11.8. The largest absolute Gasteiger partial charge is 0.451 e. The zero-order valence-corrected chi connectivity index (χ0v) is 13.3. The number of nitrogens with zero attached hydrogens (tertiary/aromatic N) is 2. The first kappa shape index (κ1) is 17.9. The van der Waals surface area contributed by atoms with E-state index in [1.54, 1.807) is 0 Å². The number of aromatic nitrogens is 2. The van der Waals surface area contributed by atoms with Gasteiger partial charge in [-0.15, -0.1) is 0 Å². The molecule has 0 spiro atoms. The molecule has 0 radical (unpaired) electrons. The van der Waals surface area contributed by atoms with E-state index >= 15 is 0 Å². The van der Waals surface area contributed by atoms with Gasteiger partial charge in [0.2, 0.25) is 0 Å². The van der Waals surface area contributed by atoms with Crippen LogP contribution in [-0.2, 0) is 16.1 Å². The number of carbonyl (C=O) groups excluding carboxylic acids is 2. The fourth-order valence-electron chi connectivity index (χ4n) is 1.65. The third-order valence-electron chi connectivity index (χ3n) is 3.15. The molecule has 1 amide bonds. The first-order valence-corrected chi connectivity index (χ1v) is 7.52. The third kappa shape index (κ3) is 5.67. The molecule has 7 nitrogen and oxygen atoms in total. The maximum absolute atomic E-state index is 11.9. The van der Waals surface area contributed by atoms with Gasteiger partial charge >= 0.3 is 5.97 Å². The molecule has 1 rings (SSSR count). The van der Waals surface area contributed by atoms with E-state index in [0.717, 1.165) is 19.3 Å². The van der Waals surface area contributed by atoms with Crippen molar-refractivity contribution < 1.29 is 14.3 Å². The summed E-state index contributed by atoms with van der Waals surface area (Å²) in [5.41, 5.74) is -0.244. The fourth-order valence-corrected chi connectivity index (χ4v) is 1.65. The van der Waals surface area contributed by atoms with E-state index in [-0.39, 0.29) is 29.8 Å². The number of aryl methyl sites for hydroxylation is 1. The van der Waals surface area contributed by atoms with Crippen LogP contribution in [0, 0.1) is 0 Å². The maximum atomic E-state index is 11.9. The minimum atomic E-state index is -0.718. The Morgan fingerprint density at radius 2 is 2.09 bits per heavy atom. The molecule has 0 bridgehead atoms. The molecule has 0 fully saturated rings. The SMILES string of the molecule is CCCCn1nc(C(=O)OCC(=O)N[C@H](C)CC)ccc1=O. The monoisotopic (exact) mass is 309 g/mol. The zero-order chi connectivity index (χ0) is 16.5. The maximum Gasteiger partial charge on any atom is 0.359 e. The van der Waals surface area contributed by atoms with Crippen LogP contribution in [0.5, 0.6) is 0 Å². The Labute approximate surface area is 129 Å². The molecule has 0 unspecified atom stereocenters. The number of rotatable bonds is 8. The van der Waals surface area contributed by atoms with Crippen LogP contribution >= 0.6 is 0 Å². The Balaban J connectivity index is 2.62. The van der Waals surface area contributed by atoms with Gasteiger partial charge < -0.3 is 10.1 Å². The predicted octanol–water partition coefficient (Wildman–Crippen LogP) is 1.11. The molecular weight excluding hydrogens is 286 g/mol. The second kappa shape index (κ2) is 8.96. The van der Waals surface area contributed by atoms with Gasteiger partial charge in [-0.1, -0.05) is 20.3 Å². The Morgan fingerprint density at radius 1 is 1.36 bits per heavy atom. The Morgan fingerprint density at radius 3 is 2.73 bits per heavy atom. The minimum absolute atomic E-state index is 0.0204. The van der Waals surface area contributed by atoms with Crippen LogP contribution in [0.4, 0.5) is 0 Å². The molecule has 1 aromatic rings. The van der Waals surface area contributed by atoms with E-state index in [1.165, 1.54) is 16.8 Å². The highest BCUT2D eigenvalue weighted by atomic mass is 16.5. The quantitative estimate of drug-likeness (QED) is 0.727. The molecule has 22 heavy (non-hydrogen) atoms. The number of carbonyl (C=O) groups is 2. The van der Waals surface area contributed by atoms with Gasteiger partial charge in [0.15, 0.2) is 12.3 Å². The first-order valence-electron chi connectivity index (χ1n) is 7.52. The average molecular weight is 309 g/mol. The molecule has 0 saturated carbocycles. The van der Waals surface area contributed by atoms with Crippen molar-refractivity contribution in [2.24, 2.45) is 0 Å². The number of amides is 1. The summed E-state index contributed by atoms with van der Waals surface area (Å²) in [5.74, 6) is -1.08. The topological polar surface area (TPSA) is 90.3 Å². The predicted molar refractivity (Wildman–Crippen MR) is 81.6 cm³/mol. The van der Waals surface area contributed by atoms with Gasteiger partial charge in [-0.3, -0.25) is 9.59 Å². The Hall–Kier alpha value is -2.18. The number of hydrogen-bond donors (Lipinski definition) is 1. The van der Waals surface area contributed by atoms with Crippen LogP contribution in [0.1, 0.15) is 50.5 Å². The van der Waals surface area contributed by atoms with Crippen molar-refractivity contribution in [2.45, 2.75) is 52.6 Å². The van der Waals surface area contributed by atoms with Crippen LogP contribution < -0.4 is 10.9 Å². The molecule has 122 valence electrons. The van der Waals surface area contributed by atoms with Gasteiger partial charge in [-0.05, 0) is 25.8 Å². The van der Waals surface area contributed by atoms with Crippen LogP contribution in [0.2, 0.25) is 0 Å². The van der Waals surface area contributed by atoms with Crippen LogP contribution in [-0.4, -0.2) is 34.3 Å². The van der Waals surface area contributed by atoms with E-state index < -0.39 is 5.97 Å². The first-order chi connectivity index (χ1) is 10.5. The Kier molecular flexibility index (Phi) is 7.28. The van der Waals surface area contributed by atoms with Crippen LogP contribution in [0.25, 0.3) is 0 Å². The minimum Gasteiger partial charge on any atom is -0.451 e. The lowest BCUT2D eigenvalue weighted by Crippen LogP contribution is -2.35. The van der Waals surface area contributed by atoms with Crippen molar-refractivity contribution in [1.29, 1.82) is 0 Å². The molecule has 0 aliphatic rings.